The average Bonchev–Trinajstić information content (AvgIpc) is 2.98. The summed E-state index contributed by atoms with van der Waals surface area (Å²) in [4.78, 5) is 0. The molecule has 1 aromatic heterocycles. The number of hydrogen-bond acceptors (Lipinski definition) is 3. The standard InChI is InChI=1S/C14H25N3O/c1-14(2,18-3)11-15-10-12-8-9-17(16-12)13-6-4-5-7-13/h8-9,13,15H,4-7,10-11H2,1-3H3. The fourth-order valence-corrected chi connectivity index (χ4v) is 2.41. The summed E-state index contributed by atoms with van der Waals surface area (Å²) in [5.41, 5.74) is 1.00. The summed E-state index contributed by atoms with van der Waals surface area (Å²) >= 11 is 0. The summed E-state index contributed by atoms with van der Waals surface area (Å²) < 4.78 is 7.52. The summed E-state index contributed by atoms with van der Waals surface area (Å²) in [5, 5.41) is 8.05. The summed E-state index contributed by atoms with van der Waals surface area (Å²) in [5.74, 6) is 0. The molecule has 102 valence electrons. The minimum Gasteiger partial charge on any atom is -0.377 e. The maximum Gasteiger partial charge on any atom is 0.0762 e. The van der Waals surface area contributed by atoms with Crippen molar-refractivity contribution < 1.29 is 4.74 Å². The van der Waals surface area contributed by atoms with Crippen LogP contribution in [0.25, 0.3) is 0 Å². The predicted octanol–water partition coefficient (Wildman–Crippen LogP) is 2.51. The zero-order chi connectivity index (χ0) is 13.0. The van der Waals surface area contributed by atoms with Gasteiger partial charge >= 0.3 is 0 Å². The number of nitrogens with one attached hydrogen (secondary N) is 1. The van der Waals surface area contributed by atoms with E-state index in [1.165, 1.54) is 25.7 Å². The molecule has 1 heterocycles. The van der Waals surface area contributed by atoms with Gasteiger partial charge in [0.25, 0.3) is 0 Å². The van der Waals surface area contributed by atoms with Gasteiger partial charge in [-0.25, -0.2) is 0 Å². The zero-order valence-corrected chi connectivity index (χ0v) is 11.8. The van der Waals surface area contributed by atoms with Gasteiger partial charge in [-0.1, -0.05) is 12.8 Å². The highest BCUT2D eigenvalue weighted by Gasteiger charge is 2.18. The summed E-state index contributed by atoms with van der Waals surface area (Å²) in [6.07, 6.45) is 7.38. The van der Waals surface area contributed by atoms with Crippen LogP contribution in [0.15, 0.2) is 12.3 Å². The lowest BCUT2D eigenvalue weighted by Gasteiger charge is -2.22. The highest BCUT2D eigenvalue weighted by molar-refractivity contribution is 5.00. The van der Waals surface area contributed by atoms with E-state index in [2.05, 4.69) is 41.2 Å². The molecular formula is C14H25N3O. The fourth-order valence-electron chi connectivity index (χ4n) is 2.41. The lowest BCUT2D eigenvalue weighted by molar-refractivity contribution is 0.0230. The summed E-state index contributed by atoms with van der Waals surface area (Å²) in [6.45, 7) is 5.81. The summed E-state index contributed by atoms with van der Waals surface area (Å²) in [7, 11) is 1.75. The van der Waals surface area contributed by atoms with Crippen LogP contribution in [0.3, 0.4) is 0 Å². The van der Waals surface area contributed by atoms with E-state index in [-0.39, 0.29) is 5.60 Å². The Kier molecular flexibility index (Phi) is 4.40. The van der Waals surface area contributed by atoms with Crippen molar-refractivity contribution in [2.75, 3.05) is 13.7 Å². The van der Waals surface area contributed by atoms with Gasteiger partial charge in [0, 0.05) is 26.4 Å². The number of rotatable bonds is 6. The molecule has 2 rings (SSSR count). The molecule has 18 heavy (non-hydrogen) atoms. The van der Waals surface area contributed by atoms with E-state index in [1.54, 1.807) is 7.11 Å². The molecule has 4 nitrogen and oxygen atoms in total. The average molecular weight is 251 g/mol. The fraction of sp³-hybridized carbons (Fsp3) is 0.786. The molecule has 1 N–H and O–H groups in total. The van der Waals surface area contributed by atoms with Gasteiger partial charge in [-0.2, -0.15) is 5.10 Å². The predicted molar refractivity (Wildman–Crippen MR) is 72.5 cm³/mol. The van der Waals surface area contributed by atoms with Crippen LogP contribution >= 0.6 is 0 Å². The first-order valence-electron chi connectivity index (χ1n) is 6.91. The van der Waals surface area contributed by atoms with Crippen molar-refractivity contribution in [3.8, 4) is 0 Å². The second kappa shape index (κ2) is 5.85. The molecule has 0 bridgehead atoms. The number of ether oxygens (including phenoxy) is 1. The quantitative estimate of drug-likeness (QED) is 0.844. The van der Waals surface area contributed by atoms with Gasteiger partial charge in [0.1, 0.15) is 0 Å². The highest BCUT2D eigenvalue weighted by atomic mass is 16.5. The van der Waals surface area contributed by atoms with Crippen LogP contribution in [0.2, 0.25) is 0 Å². The van der Waals surface area contributed by atoms with Crippen LogP contribution in [0.5, 0.6) is 0 Å². The Balaban J connectivity index is 1.80. The molecule has 1 aliphatic carbocycles. The normalized spacial score (nSPS) is 17.5. The van der Waals surface area contributed by atoms with E-state index in [1.807, 2.05) is 0 Å². The Morgan fingerprint density at radius 3 is 2.83 bits per heavy atom. The highest BCUT2D eigenvalue weighted by Crippen LogP contribution is 2.28. The van der Waals surface area contributed by atoms with Gasteiger partial charge in [0.05, 0.1) is 17.3 Å². The third-order valence-electron chi connectivity index (χ3n) is 3.77. The van der Waals surface area contributed by atoms with Crippen LogP contribution in [0.1, 0.15) is 51.3 Å². The molecule has 0 aliphatic heterocycles. The van der Waals surface area contributed by atoms with E-state index >= 15 is 0 Å². The van der Waals surface area contributed by atoms with Crippen LogP contribution in [0, 0.1) is 0 Å². The molecule has 0 spiro atoms. The lowest BCUT2D eigenvalue weighted by atomic mass is 10.1. The second-order valence-corrected chi connectivity index (χ2v) is 5.79. The molecule has 0 saturated heterocycles. The minimum atomic E-state index is -0.117. The Labute approximate surface area is 110 Å². The molecule has 1 aliphatic rings. The lowest BCUT2D eigenvalue weighted by Crippen LogP contribution is -2.36. The monoisotopic (exact) mass is 251 g/mol. The van der Waals surface area contributed by atoms with Gasteiger partial charge in [-0.15, -0.1) is 0 Å². The van der Waals surface area contributed by atoms with Crippen molar-refractivity contribution in [2.24, 2.45) is 0 Å². The zero-order valence-electron chi connectivity index (χ0n) is 11.8. The van der Waals surface area contributed by atoms with E-state index < -0.39 is 0 Å². The van der Waals surface area contributed by atoms with Crippen molar-refractivity contribution in [2.45, 2.75) is 57.7 Å². The Hall–Kier alpha value is -0.870. The maximum absolute atomic E-state index is 5.37. The Morgan fingerprint density at radius 1 is 1.44 bits per heavy atom. The van der Waals surface area contributed by atoms with Gasteiger partial charge in [0.2, 0.25) is 0 Å². The molecule has 0 unspecified atom stereocenters. The molecule has 0 radical (unpaired) electrons. The van der Waals surface area contributed by atoms with E-state index in [9.17, 15) is 0 Å². The number of methoxy groups -OCH3 is 1. The molecule has 1 saturated carbocycles. The van der Waals surface area contributed by atoms with Crippen molar-refractivity contribution in [1.82, 2.24) is 15.1 Å². The first-order valence-corrected chi connectivity index (χ1v) is 6.91. The molecule has 0 aromatic carbocycles. The Morgan fingerprint density at radius 2 is 2.17 bits per heavy atom. The molecule has 4 heteroatoms. The molecular weight excluding hydrogens is 226 g/mol. The molecule has 0 atom stereocenters. The number of hydrogen-bond donors (Lipinski definition) is 1. The van der Waals surface area contributed by atoms with E-state index in [4.69, 9.17) is 4.74 Å². The topological polar surface area (TPSA) is 39.1 Å². The van der Waals surface area contributed by atoms with Crippen molar-refractivity contribution in [3.63, 3.8) is 0 Å². The van der Waals surface area contributed by atoms with Crippen LogP contribution in [-0.4, -0.2) is 29.0 Å². The third kappa shape index (κ3) is 3.56. The molecule has 1 aromatic rings. The first-order chi connectivity index (χ1) is 8.61. The van der Waals surface area contributed by atoms with E-state index in [0.29, 0.717) is 6.04 Å². The van der Waals surface area contributed by atoms with Crippen molar-refractivity contribution >= 4 is 0 Å². The second-order valence-electron chi connectivity index (χ2n) is 5.79. The Bertz CT molecular complexity index is 367. The molecule has 1 fully saturated rings. The number of aromatic nitrogens is 2. The van der Waals surface area contributed by atoms with Gasteiger partial charge in [-0.05, 0) is 32.8 Å². The third-order valence-corrected chi connectivity index (χ3v) is 3.77. The summed E-state index contributed by atoms with van der Waals surface area (Å²) in [6, 6.07) is 2.75. The minimum absolute atomic E-state index is 0.117. The number of nitrogens with zero attached hydrogens (tertiary/aromatic N) is 2. The van der Waals surface area contributed by atoms with E-state index in [0.717, 1.165) is 18.8 Å². The van der Waals surface area contributed by atoms with Crippen LogP contribution in [-0.2, 0) is 11.3 Å². The SMILES string of the molecule is COC(C)(C)CNCc1ccn(C2CCCC2)n1. The maximum atomic E-state index is 5.37. The van der Waals surface area contributed by atoms with Crippen LogP contribution in [0.4, 0.5) is 0 Å². The van der Waals surface area contributed by atoms with Crippen molar-refractivity contribution in [1.29, 1.82) is 0 Å². The van der Waals surface area contributed by atoms with Gasteiger partial charge < -0.3 is 10.1 Å². The first kappa shape index (κ1) is 13.6. The van der Waals surface area contributed by atoms with Crippen LogP contribution < -0.4 is 5.32 Å². The smallest absolute Gasteiger partial charge is 0.0762 e. The van der Waals surface area contributed by atoms with Crippen molar-refractivity contribution in [3.05, 3.63) is 18.0 Å². The largest absolute Gasteiger partial charge is 0.377 e. The van der Waals surface area contributed by atoms with Gasteiger partial charge in [0.15, 0.2) is 0 Å². The molecule has 0 amide bonds. The van der Waals surface area contributed by atoms with Gasteiger partial charge in [-0.3, -0.25) is 4.68 Å².